The molecule has 0 fully saturated rings. The first-order chi connectivity index (χ1) is 7.29. The van der Waals surface area contributed by atoms with Crippen molar-refractivity contribution in [2.75, 3.05) is 0 Å². The minimum absolute atomic E-state index is 0.259. The Hall–Kier alpha value is -1.41. The molecule has 1 heterocycles. The fourth-order valence-corrected chi connectivity index (χ4v) is 1.53. The number of hydrogen-bond acceptors (Lipinski definition) is 1. The molecule has 0 saturated carbocycles. The lowest BCUT2D eigenvalue weighted by Crippen LogP contribution is -1.86. The zero-order chi connectivity index (χ0) is 10.7. The SMILES string of the molecule is Fc1cccc(-c2cc(CCl)ccn2)c1. The summed E-state index contributed by atoms with van der Waals surface area (Å²) in [4.78, 5) is 4.17. The summed E-state index contributed by atoms with van der Waals surface area (Å²) in [5, 5.41) is 0. The molecule has 0 atom stereocenters. The molecule has 0 aliphatic rings. The van der Waals surface area contributed by atoms with Crippen LogP contribution in [0.2, 0.25) is 0 Å². The quantitative estimate of drug-likeness (QED) is 0.706. The molecule has 0 spiro atoms. The fraction of sp³-hybridized carbons (Fsp3) is 0.0833. The van der Waals surface area contributed by atoms with E-state index in [1.165, 1.54) is 12.1 Å². The summed E-state index contributed by atoms with van der Waals surface area (Å²) in [6, 6.07) is 10.1. The minimum atomic E-state index is -0.259. The van der Waals surface area contributed by atoms with Crippen LogP contribution in [-0.4, -0.2) is 4.98 Å². The van der Waals surface area contributed by atoms with Crippen molar-refractivity contribution in [2.45, 2.75) is 5.88 Å². The van der Waals surface area contributed by atoms with E-state index in [4.69, 9.17) is 11.6 Å². The molecule has 0 saturated heterocycles. The summed E-state index contributed by atoms with van der Waals surface area (Å²) >= 11 is 5.72. The van der Waals surface area contributed by atoms with Crippen LogP contribution in [0.15, 0.2) is 42.6 Å². The molecule has 0 aliphatic carbocycles. The second kappa shape index (κ2) is 4.41. The third-order valence-electron chi connectivity index (χ3n) is 2.10. The first-order valence-corrected chi connectivity index (χ1v) is 5.10. The molecule has 3 heteroatoms. The second-order valence-electron chi connectivity index (χ2n) is 3.19. The third kappa shape index (κ3) is 2.34. The van der Waals surface area contributed by atoms with Crippen LogP contribution in [-0.2, 0) is 5.88 Å². The van der Waals surface area contributed by atoms with Gasteiger partial charge in [0, 0.05) is 17.6 Å². The van der Waals surface area contributed by atoms with Gasteiger partial charge in [0.15, 0.2) is 0 Å². The molecule has 15 heavy (non-hydrogen) atoms. The topological polar surface area (TPSA) is 12.9 Å². The van der Waals surface area contributed by atoms with Crippen LogP contribution < -0.4 is 0 Å². The molecule has 0 aliphatic heterocycles. The number of pyridine rings is 1. The summed E-state index contributed by atoms with van der Waals surface area (Å²) in [7, 11) is 0. The van der Waals surface area contributed by atoms with E-state index < -0.39 is 0 Å². The molecule has 2 aromatic rings. The zero-order valence-corrected chi connectivity index (χ0v) is 8.71. The molecule has 0 radical (unpaired) electrons. The average Bonchev–Trinajstić information content (AvgIpc) is 2.29. The summed E-state index contributed by atoms with van der Waals surface area (Å²) in [5.41, 5.74) is 2.49. The van der Waals surface area contributed by atoms with Gasteiger partial charge in [0.1, 0.15) is 5.82 Å². The van der Waals surface area contributed by atoms with Crippen LogP contribution in [0.4, 0.5) is 4.39 Å². The van der Waals surface area contributed by atoms with E-state index in [0.29, 0.717) is 5.88 Å². The Balaban J connectivity index is 2.44. The van der Waals surface area contributed by atoms with Gasteiger partial charge in [-0.05, 0) is 29.8 Å². The van der Waals surface area contributed by atoms with Gasteiger partial charge in [0.25, 0.3) is 0 Å². The van der Waals surface area contributed by atoms with Gasteiger partial charge < -0.3 is 0 Å². The molecule has 76 valence electrons. The van der Waals surface area contributed by atoms with E-state index >= 15 is 0 Å². The van der Waals surface area contributed by atoms with Crippen molar-refractivity contribution in [2.24, 2.45) is 0 Å². The highest BCUT2D eigenvalue weighted by atomic mass is 35.5. The Kier molecular flexibility index (Phi) is 2.97. The maximum absolute atomic E-state index is 13.0. The van der Waals surface area contributed by atoms with Gasteiger partial charge in [-0.3, -0.25) is 4.98 Å². The number of nitrogens with zero attached hydrogens (tertiary/aromatic N) is 1. The van der Waals surface area contributed by atoms with Crippen molar-refractivity contribution in [1.82, 2.24) is 4.98 Å². The number of halogens is 2. The van der Waals surface area contributed by atoms with E-state index in [1.807, 2.05) is 18.2 Å². The monoisotopic (exact) mass is 221 g/mol. The molecular formula is C12H9ClFN. The molecule has 1 nitrogen and oxygen atoms in total. The number of benzene rings is 1. The lowest BCUT2D eigenvalue weighted by molar-refractivity contribution is 0.628. The fourth-order valence-electron chi connectivity index (χ4n) is 1.36. The molecule has 2 rings (SSSR count). The molecule has 1 aromatic carbocycles. The van der Waals surface area contributed by atoms with Gasteiger partial charge in [-0.1, -0.05) is 12.1 Å². The molecule has 1 aromatic heterocycles. The molecule has 0 amide bonds. The van der Waals surface area contributed by atoms with Crippen molar-refractivity contribution in [3.05, 3.63) is 54.0 Å². The Labute approximate surface area is 92.5 Å². The van der Waals surface area contributed by atoms with Crippen molar-refractivity contribution in [3.63, 3.8) is 0 Å². The number of hydrogen-bond donors (Lipinski definition) is 0. The summed E-state index contributed by atoms with van der Waals surface area (Å²) in [5.74, 6) is 0.177. The first kappa shape index (κ1) is 10.1. The van der Waals surface area contributed by atoms with Gasteiger partial charge in [0.2, 0.25) is 0 Å². The number of rotatable bonds is 2. The van der Waals surface area contributed by atoms with E-state index in [9.17, 15) is 4.39 Å². The maximum Gasteiger partial charge on any atom is 0.123 e. The Morgan fingerprint density at radius 2 is 2.07 bits per heavy atom. The van der Waals surface area contributed by atoms with Crippen LogP contribution in [0.3, 0.4) is 0 Å². The Bertz CT molecular complexity index is 471. The van der Waals surface area contributed by atoms with E-state index in [-0.39, 0.29) is 5.82 Å². The lowest BCUT2D eigenvalue weighted by atomic mass is 10.1. The van der Waals surface area contributed by atoms with Crippen molar-refractivity contribution < 1.29 is 4.39 Å². The maximum atomic E-state index is 13.0. The molecule has 0 bridgehead atoms. The van der Waals surface area contributed by atoms with Gasteiger partial charge in [-0.15, -0.1) is 11.6 Å². The lowest BCUT2D eigenvalue weighted by Gasteiger charge is -2.02. The van der Waals surface area contributed by atoms with Crippen molar-refractivity contribution in [3.8, 4) is 11.3 Å². The predicted octanol–water partition coefficient (Wildman–Crippen LogP) is 3.63. The predicted molar refractivity (Wildman–Crippen MR) is 59.2 cm³/mol. The van der Waals surface area contributed by atoms with Crippen LogP contribution in [0.25, 0.3) is 11.3 Å². The summed E-state index contributed by atoms with van der Waals surface area (Å²) in [6.45, 7) is 0. The van der Waals surface area contributed by atoms with E-state index in [1.54, 1.807) is 12.3 Å². The Morgan fingerprint density at radius 3 is 2.80 bits per heavy atom. The standard InChI is InChI=1S/C12H9ClFN/c13-8-9-4-5-15-12(6-9)10-2-1-3-11(14)7-10/h1-7H,8H2. The van der Waals surface area contributed by atoms with Gasteiger partial charge >= 0.3 is 0 Å². The third-order valence-corrected chi connectivity index (χ3v) is 2.41. The summed E-state index contributed by atoms with van der Waals surface area (Å²) < 4.78 is 13.0. The highest BCUT2D eigenvalue weighted by Gasteiger charge is 2.01. The highest BCUT2D eigenvalue weighted by molar-refractivity contribution is 6.17. The van der Waals surface area contributed by atoms with Gasteiger partial charge in [-0.25, -0.2) is 4.39 Å². The van der Waals surface area contributed by atoms with Crippen LogP contribution in [0.5, 0.6) is 0 Å². The minimum Gasteiger partial charge on any atom is -0.256 e. The number of aromatic nitrogens is 1. The van der Waals surface area contributed by atoms with Gasteiger partial charge in [0.05, 0.1) is 5.69 Å². The highest BCUT2D eigenvalue weighted by Crippen LogP contribution is 2.19. The van der Waals surface area contributed by atoms with Crippen LogP contribution in [0.1, 0.15) is 5.56 Å². The first-order valence-electron chi connectivity index (χ1n) is 4.56. The zero-order valence-electron chi connectivity index (χ0n) is 7.95. The molecule has 0 N–H and O–H groups in total. The van der Waals surface area contributed by atoms with Crippen molar-refractivity contribution >= 4 is 11.6 Å². The van der Waals surface area contributed by atoms with Crippen molar-refractivity contribution in [1.29, 1.82) is 0 Å². The number of alkyl halides is 1. The second-order valence-corrected chi connectivity index (χ2v) is 3.46. The normalized spacial score (nSPS) is 10.3. The van der Waals surface area contributed by atoms with Gasteiger partial charge in [-0.2, -0.15) is 0 Å². The van der Waals surface area contributed by atoms with E-state index in [2.05, 4.69) is 4.98 Å². The largest absolute Gasteiger partial charge is 0.256 e. The Morgan fingerprint density at radius 1 is 1.20 bits per heavy atom. The molecule has 0 unspecified atom stereocenters. The van der Waals surface area contributed by atoms with Crippen LogP contribution >= 0.6 is 11.6 Å². The average molecular weight is 222 g/mol. The van der Waals surface area contributed by atoms with Crippen LogP contribution in [0, 0.1) is 5.82 Å². The molecular weight excluding hydrogens is 213 g/mol. The smallest absolute Gasteiger partial charge is 0.123 e. The van der Waals surface area contributed by atoms with E-state index in [0.717, 1.165) is 16.8 Å². The summed E-state index contributed by atoms with van der Waals surface area (Å²) in [6.07, 6.45) is 1.68.